The number of hydrogen-bond donors (Lipinski definition) is 2. The third kappa shape index (κ3) is 5.22. The number of nitrogens with zero attached hydrogens (tertiary/aromatic N) is 3. The third-order valence-electron chi connectivity index (χ3n) is 9.60. The van der Waals surface area contributed by atoms with E-state index >= 15 is 0 Å². The van der Waals surface area contributed by atoms with E-state index in [9.17, 15) is 0 Å². The van der Waals surface area contributed by atoms with Crippen LogP contribution in [0.2, 0.25) is 0 Å². The minimum atomic E-state index is 0.605. The summed E-state index contributed by atoms with van der Waals surface area (Å²) in [6.07, 6.45) is 7.34. The van der Waals surface area contributed by atoms with E-state index in [1.807, 2.05) is 0 Å². The molecule has 0 aromatic rings. The smallest absolute Gasteiger partial charge is 0.0472 e. The second-order valence-corrected chi connectivity index (χ2v) is 12.5. The largest absolute Gasteiger partial charge is 0.315 e. The Kier molecular flexibility index (Phi) is 8.25. The molecule has 5 aliphatic heterocycles. The Hall–Kier alpha value is -0.200. The normalized spacial score (nSPS) is 35.9. The van der Waals surface area contributed by atoms with Crippen LogP contribution < -0.4 is 10.6 Å². The minimum Gasteiger partial charge on any atom is -0.315 e. The molecule has 4 atom stereocenters. The quantitative estimate of drug-likeness (QED) is 0.694. The monoisotopic (exact) mass is 447 g/mol. The molecule has 0 aromatic heterocycles. The van der Waals surface area contributed by atoms with Crippen molar-refractivity contribution in [3.8, 4) is 0 Å². The van der Waals surface area contributed by atoms with Crippen molar-refractivity contribution >= 4 is 0 Å². The summed E-state index contributed by atoms with van der Waals surface area (Å²) in [5.41, 5.74) is 0.605. The molecule has 186 valence electrons. The summed E-state index contributed by atoms with van der Waals surface area (Å²) < 4.78 is 0. The first-order chi connectivity index (χ1) is 15.3. The fourth-order valence-electron chi connectivity index (χ4n) is 7.37. The van der Waals surface area contributed by atoms with Crippen molar-refractivity contribution in [3.63, 3.8) is 0 Å². The van der Waals surface area contributed by atoms with E-state index in [2.05, 4.69) is 66.9 Å². The topological polar surface area (TPSA) is 33.8 Å². The van der Waals surface area contributed by atoms with Gasteiger partial charge in [-0.25, -0.2) is 0 Å². The zero-order chi connectivity index (χ0) is 22.9. The van der Waals surface area contributed by atoms with Crippen molar-refractivity contribution in [1.29, 1.82) is 0 Å². The average molecular weight is 448 g/mol. The molecule has 6 fully saturated rings. The number of hydrogen-bond acceptors (Lipinski definition) is 5. The van der Waals surface area contributed by atoms with Crippen LogP contribution in [0.1, 0.15) is 73.6 Å². The minimum absolute atomic E-state index is 0.605. The van der Waals surface area contributed by atoms with Gasteiger partial charge in [-0.3, -0.25) is 9.80 Å². The predicted octanol–water partition coefficient (Wildman–Crippen LogP) is 3.26. The molecule has 6 rings (SSSR count). The van der Waals surface area contributed by atoms with E-state index in [-0.39, 0.29) is 0 Å². The molecule has 5 saturated heterocycles. The molecule has 4 unspecified atom stereocenters. The maximum absolute atomic E-state index is 3.47. The summed E-state index contributed by atoms with van der Waals surface area (Å²) >= 11 is 0. The van der Waals surface area contributed by atoms with Crippen molar-refractivity contribution in [3.05, 3.63) is 0 Å². The summed E-state index contributed by atoms with van der Waals surface area (Å²) in [6, 6.07) is 3.12. The number of rotatable bonds is 3. The van der Waals surface area contributed by atoms with E-state index in [1.165, 1.54) is 84.5 Å². The molecule has 5 heteroatoms. The SMILES string of the molecule is CC(C)N1CC2CCCC2C1.CC(C)N1CCC12CNC2.CC(C)N1CCC2CNCC21. The molecule has 0 bridgehead atoms. The van der Waals surface area contributed by atoms with Gasteiger partial charge in [-0.15, -0.1) is 0 Å². The first-order valence-electron chi connectivity index (χ1n) is 14.0. The highest BCUT2D eigenvalue weighted by molar-refractivity contribution is 5.09. The van der Waals surface area contributed by atoms with Crippen molar-refractivity contribution in [2.75, 3.05) is 52.4 Å². The molecule has 6 aliphatic rings. The fourth-order valence-corrected chi connectivity index (χ4v) is 7.37. The molecule has 1 saturated carbocycles. The Balaban J connectivity index is 0.000000115. The van der Waals surface area contributed by atoms with Crippen molar-refractivity contribution in [1.82, 2.24) is 25.3 Å². The fraction of sp³-hybridized carbons (Fsp3) is 1.00. The van der Waals surface area contributed by atoms with Gasteiger partial charge in [-0.2, -0.15) is 0 Å². The Bertz CT molecular complexity index is 569. The molecule has 1 spiro atoms. The first kappa shape index (κ1) is 24.9. The van der Waals surface area contributed by atoms with E-state index in [1.54, 1.807) is 0 Å². The lowest BCUT2D eigenvalue weighted by molar-refractivity contribution is -0.0742. The Morgan fingerprint density at radius 3 is 1.84 bits per heavy atom. The third-order valence-corrected chi connectivity index (χ3v) is 9.60. The van der Waals surface area contributed by atoms with Gasteiger partial charge in [0, 0.05) is 69.0 Å². The molecule has 0 amide bonds. The van der Waals surface area contributed by atoms with Crippen LogP contribution in [-0.2, 0) is 0 Å². The average Bonchev–Trinajstić information content (AvgIpc) is 3.40. The Morgan fingerprint density at radius 2 is 1.41 bits per heavy atom. The second kappa shape index (κ2) is 10.6. The van der Waals surface area contributed by atoms with Gasteiger partial charge < -0.3 is 15.5 Å². The van der Waals surface area contributed by atoms with Crippen LogP contribution in [0.25, 0.3) is 0 Å². The summed E-state index contributed by atoms with van der Waals surface area (Å²) in [5, 5.41) is 6.81. The van der Waals surface area contributed by atoms with Crippen LogP contribution in [0, 0.1) is 17.8 Å². The zero-order valence-corrected chi connectivity index (χ0v) is 22.1. The lowest BCUT2D eigenvalue weighted by Crippen LogP contribution is -2.77. The maximum atomic E-state index is 3.47. The van der Waals surface area contributed by atoms with Gasteiger partial charge in [0.1, 0.15) is 0 Å². The molecule has 5 nitrogen and oxygen atoms in total. The van der Waals surface area contributed by atoms with Crippen LogP contribution in [-0.4, -0.2) is 96.8 Å². The van der Waals surface area contributed by atoms with E-state index in [0.29, 0.717) is 5.54 Å². The molecule has 1 aliphatic carbocycles. The van der Waals surface area contributed by atoms with Crippen molar-refractivity contribution in [2.45, 2.75) is 103 Å². The van der Waals surface area contributed by atoms with Crippen LogP contribution in [0.5, 0.6) is 0 Å². The summed E-state index contributed by atoms with van der Waals surface area (Å²) in [5.74, 6) is 3.09. The standard InChI is InChI=1S/C10H19N.C9H18N2.C8H16N2/c1-8(2)11-6-9-4-3-5-10(9)7-11;1-7(2)11-4-3-8-5-10-6-9(8)11;1-7(2)10-4-3-8(10)5-9-6-8/h8-10H,3-7H2,1-2H3;7-10H,3-6H2,1-2H3;7,9H,3-6H2,1-2H3. The van der Waals surface area contributed by atoms with Crippen LogP contribution in [0.15, 0.2) is 0 Å². The zero-order valence-electron chi connectivity index (χ0n) is 22.1. The van der Waals surface area contributed by atoms with Gasteiger partial charge in [0.05, 0.1) is 0 Å². The van der Waals surface area contributed by atoms with Gasteiger partial charge >= 0.3 is 0 Å². The molecule has 0 radical (unpaired) electrons. The first-order valence-corrected chi connectivity index (χ1v) is 14.0. The maximum Gasteiger partial charge on any atom is 0.0472 e. The molecular weight excluding hydrogens is 394 g/mol. The Labute approximate surface area is 199 Å². The van der Waals surface area contributed by atoms with Crippen LogP contribution >= 0.6 is 0 Å². The lowest BCUT2D eigenvalue weighted by Gasteiger charge is -2.60. The summed E-state index contributed by atoms with van der Waals surface area (Å²) in [4.78, 5) is 7.91. The number of fused-ring (bicyclic) bond motifs is 2. The van der Waals surface area contributed by atoms with Gasteiger partial charge in [0.15, 0.2) is 0 Å². The lowest BCUT2D eigenvalue weighted by atomic mass is 9.78. The van der Waals surface area contributed by atoms with E-state index in [0.717, 1.165) is 41.9 Å². The van der Waals surface area contributed by atoms with Gasteiger partial charge in [0.25, 0.3) is 0 Å². The van der Waals surface area contributed by atoms with Crippen LogP contribution in [0.4, 0.5) is 0 Å². The molecular formula is C27H53N5. The van der Waals surface area contributed by atoms with Crippen molar-refractivity contribution in [2.24, 2.45) is 17.8 Å². The molecule has 5 heterocycles. The molecule has 0 aromatic carbocycles. The molecule has 2 N–H and O–H groups in total. The van der Waals surface area contributed by atoms with Crippen molar-refractivity contribution < 1.29 is 0 Å². The van der Waals surface area contributed by atoms with E-state index in [4.69, 9.17) is 0 Å². The highest BCUT2D eigenvalue weighted by Gasteiger charge is 2.49. The highest BCUT2D eigenvalue weighted by Crippen LogP contribution is 2.38. The van der Waals surface area contributed by atoms with Gasteiger partial charge in [-0.05, 0) is 98.1 Å². The summed E-state index contributed by atoms with van der Waals surface area (Å²) in [6.45, 7) is 24.2. The van der Waals surface area contributed by atoms with Crippen LogP contribution in [0.3, 0.4) is 0 Å². The number of nitrogens with one attached hydrogen (secondary N) is 2. The predicted molar refractivity (Wildman–Crippen MR) is 136 cm³/mol. The molecule has 32 heavy (non-hydrogen) atoms. The van der Waals surface area contributed by atoms with Gasteiger partial charge in [-0.1, -0.05) is 6.42 Å². The second-order valence-electron chi connectivity index (χ2n) is 12.5. The van der Waals surface area contributed by atoms with E-state index < -0.39 is 0 Å². The number of likely N-dealkylation sites (tertiary alicyclic amines) is 3. The van der Waals surface area contributed by atoms with Gasteiger partial charge in [0.2, 0.25) is 0 Å². The Morgan fingerprint density at radius 1 is 0.719 bits per heavy atom. The highest BCUT2D eigenvalue weighted by atomic mass is 15.3. The summed E-state index contributed by atoms with van der Waals surface area (Å²) in [7, 11) is 0.